The van der Waals surface area contributed by atoms with Gasteiger partial charge in [-0.1, -0.05) is 17.7 Å². The summed E-state index contributed by atoms with van der Waals surface area (Å²) in [5, 5.41) is 7.06. The number of benzene rings is 2. The normalized spacial score (nSPS) is 16.1. The average Bonchev–Trinajstić information content (AvgIpc) is 3.18. The van der Waals surface area contributed by atoms with Crippen molar-refractivity contribution in [3.05, 3.63) is 64.8 Å². The molecular formula is C24H24ClF2N7. The number of rotatable bonds is 6. The number of nitrogens with zero attached hydrogens (tertiary/aromatic N) is 4. The molecule has 0 bridgehead atoms. The number of imidazole rings is 1. The first kappa shape index (κ1) is 22.5. The van der Waals surface area contributed by atoms with E-state index >= 15 is 0 Å². The molecule has 4 N–H and O–H groups in total. The highest BCUT2D eigenvalue weighted by Crippen LogP contribution is 2.32. The number of halogens is 3. The van der Waals surface area contributed by atoms with E-state index < -0.39 is 11.6 Å². The maximum atomic E-state index is 13.5. The van der Waals surface area contributed by atoms with E-state index in [9.17, 15) is 8.78 Å². The molecule has 34 heavy (non-hydrogen) atoms. The van der Waals surface area contributed by atoms with Gasteiger partial charge in [0.2, 0.25) is 5.95 Å². The SMILES string of the molecule is Nc1ccc(-c2nc3cnc(NCc4ccc(F)c(F)c4)nc3n2C[C@@H]2CCCNC2)c(Cl)c1. The molecule has 0 spiro atoms. The fourth-order valence-corrected chi connectivity index (χ4v) is 4.54. The van der Waals surface area contributed by atoms with Crippen molar-refractivity contribution in [3.8, 4) is 11.4 Å². The number of hydrogen-bond donors (Lipinski definition) is 3. The molecule has 5 rings (SSSR count). The van der Waals surface area contributed by atoms with Gasteiger partial charge in [-0.25, -0.2) is 18.7 Å². The molecule has 0 unspecified atom stereocenters. The summed E-state index contributed by atoms with van der Waals surface area (Å²) in [5.41, 5.74) is 9.15. The minimum absolute atomic E-state index is 0.250. The molecule has 0 amide bonds. The molecule has 10 heteroatoms. The van der Waals surface area contributed by atoms with E-state index in [1.54, 1.807) is 18.3 Å². The number of hydrogen-bond acceptors (Lipinski definition) is 6. The molecule has 2 aromatic heterocycles. The Morgan fingerprint density at radius 2 is 2.03 bits per heavy atom. The van der Waals surface area contributed by atoms with Crippen molar-refractivity contribution in [1.29, 1.82) is 0 Å². The number of nitrogen functional groups attached to an aromatic ring is 1. The van der Waals surface area contributed by atoms with Crippen LogP contribution in [-0.2, 0) is 13.1 Å². The Labute approximate surface area is 200 Å². The molecule has 1 atom stereocenters. The number of nitrogens with two attached hydrogens (primary N) is 1. The lowest BCUT2D eigenvalue weighted by atomic mass is 9.99. The number of piperidine rings is 1. The van der Waals surface area contributed by atoms with E-state index in [0.717, 1.165) is 50.2 Å². The summed E-state index contributed by atoms with van der Waals surface area (Å²) in [6.07, 6.45) is 3.87. The highest BCUT2D eigenvalue weighted by atomic mass is 35.5. The van der Waals surface area contributed by atoms with Crippen molar-refractivity contribution in [1.82, 2.24) is 24.8 Å². The topological polar surface area (TPSA) is 93.7 Å². The summed E-state index contributed by atoms with van der Waals surface area (Å²) < 4.78 is 28.8. The van der Waals surface area contributed by atoms with E-state index in [2.05, 4.69) is 20.2 Å². The lowest BCUT2D eigenvalue weighted by Gasteiger charge is -2.24. The zero-order valence-corrected chi connectivity index (χ0v) is 19.1. The van der Waals surface area contributed by atoms with Crippen LogP contribution in [0.2, 0.25) is 5.02 Å². The smallest absolute Gasteiger partial charge is 0.225 e. The van der Waals surface area contributed by atoms with E-state index in [-0.39, 0.29) is 6.54 Å². The second kappa shape index (κ2) is 9.52. The number of aromatic nitrogens is 4. The molecule has 1 aliphatic rings. The summed E-state index contributed by atoms with van der Waals surface area (Å²) in [5.74, 6) is -0.269. The fourth-order valence-electron chi connectivity index (χ4n) is 4.26. The molecule has 0 aliphatic carbocycles. The third kappa shape index (κ3) is 4.67. The van der Waals surface area contributed by atoms with Crippen LogP contribution in [0.3, 0.4) is 0 Å². The predicted octanol–water partition coefficient (Wildman–Crippen LogP) is 4.62. The monoisotopic (exact) mass is 483 g/mol. The Bertz CT molecular complexity index is 1330. The van der Waals surface area contributed by atoms with Crippen LogP contribution in [0, 0.1) is 17.6 Å². The summed E-state index contributed by atoms with van der Waals surface area (Å²) in [4.78, 5) is 13.9. The molecule has 1 aliphatic heterocycles. The Morgan fingerprint density at radius 3 is 2.79 bits per heavy atom. The Kier molecular flexibility index (Phi) is 6.30. The Morgan fingerprint density at radius 1 is 1.15 bits per heavy atom. The number of anilines is 2. The summed E-state index contributed by atoms with van der Waals surface area (Å²) in [6.45, 7) is 2.91. The third-order valence-electron chi connectivity index (χ3n) is 6.00. The van der Waals surface area contributed by atoms with Crippen LogP contribution in [0.1, 0.15) is 18.4 Å². The van der Waals surface area contributed by atoms with Crippen molar-refractivity contribution in [2.24, 2.45) is 5.92 Å². The minimum Gasteiger partial charge on any atom is -0.399 e. The molecule has 1 fully saturated rings. The average molecular weight is 484 g/mol. The van der Waals surface area contributed by atoms with Crippen LogP contribution in [-0.4, -0.2) is 32.6 Å². The van der Waals surface area contributed by atoms with Gasteiger partial charge in [0.15, 0.2) is 17.3 Å². The first-order valence-corrected chi connectivity index (χ1v) is 11.5. The highest BCUT2D eigenvalue weighted by Gasteiger charge is 2.21. The maximum absolute atomic E-state index is 13.5. The Hall–Kier alpha value is -3.30. The lowest BCUT2D eigenvalue weighted by molar-refractivity contribution is 0.341. The molecule has 3 heterocycles. The van der Waals surface area contributed by atoms with E-state index in [1.807, 2.05) is 6.07 Å². The van der Waals surface area contributed by atoms with Crippen LogP contribution >= 0.6 is 11.6 Å². The zero-order chi connectivity index (χ0) is 23.7. The summed E-state index contributed by atoms with van der Waals surface area (Å²) >= 11 is 6.53. The van der Waals surface area contributed by atoms with Crippen LogP contribution in [0.4, 0.5) is 20.4 Å². The molecule has 0 radical (unpaired) electrons. The summed E-state index contributed by atoms with van der Waals surface area (Å²) in [7, 11) is 0. The molecule has 1 saturated heterocycles. The van der Waals surface area contributed by atoms with Gasteiger partial charge in [0.1, 0.15) is 11.3 Å². The van der Waals surface area contributed by atoms with Gasteiger partial charge < -0.3 is 20.9 Å². The van der Waals surface area contributed by atoms with E-state index in [4.69, 9.17) is 27.3 Å². The van der Waals surface area contributed by atoms with Gasteiger partial charge in [-0.2, -0.15) is 4.98 Å². The minimum atomic E-state index is -0.889. The van der Waals surface area contributed by atoms with Gasteiger partial charge >= 0.3 is 0 Å². The highest BCUT2D eigenvalue weighted by molar-refractivity contribution is 6.33. The van der Waals surface area contributed by atoms with Gasteiger partial charge in [-0.3, -0.25) is 0 Å². The van der Waals surface area contributed by atoms with E-state index in [0.29, 0.717) is 45.1 Å². The number of nitrogens with one attached hydrogen (secondary N) is 2. The van der Waals surface area contributed by atoms with Crippen molar-refractivity contribution in [2.45, 2.75) is 25.9 Å². The quantitative estimate of drug-likeness (QED) is 0.346. The van der Waals surface area contributed by atoms with Crippen molar-refractivity contribution < 1.29 is 8.78 Å². The second-order valence-corrected chi connectivity index (χ2v) is 8.91. The zero-order valence-electron chi connectivity index (χ0n) is 18.4. The van der Waals surface area contributed by atoms with Crippen molar-refractivity contribution in [3.63, 3.8) is 0 Å². The fraction of sp³-hybridized carbons (Fsp3) is 0.292. The maximum Gasteiger partial charge on any atom is 0.225 e. The largest absolute Gasteiger partial charge is 0.399 e. The van der Waals surface area contributed by atoms with Crippen LogP contribution < -0.4 is 16.4 Å². The predicted molar refractivity (Wildman–Crippen MR) is 129 cm³/mol. The van der Waals surface area contributed by atoms with Crippen LogP contribution in [0.15, 0.2) is 42.6 Å². The first-order valence-electron chi connectivity index (χ1n) is 11.1. The third-order valence-corrected chi connectivity index (χ3v) is 6.31. The van der Waals surface area contributed by atoms with Gasteiger partial charge in [0.25, 0.3) is 0 Å². The lowest BCUT2D eigenvalue weighted by Crippen LogP contribution is -2.32. The molecular weight excluding hydrogens is 460 g/mol. The molecule has 0 saturated carbocycles. The van der Waals surface area contributed by atoms with Gasteiger partial charge in [0.05, 0.1) is 11.2 Å². The van der Waals surface area contributed by atoms with Crippen LogP contribution in [0.25, 0.3) is 22.6 Å². The summed E-state index contributed by atoms with van der Waals surface area (Å²) in [6, 6.07) is 9.15. The first-order chi connectivity index (χ1) is 16.5. The second-order valence-electron chi connectivity index (χ2n) is 8.50. The molecule has 7 nitrogen and oxygen atoms in total. The van der Waals surface area contributed by atoms with Crippen molar-refractivity contribution >= 4 is 34.4 Å². The van der Waals surface area contributed by atoms with Crippen LogP contribution in [0.5, 0.6) is 0 Å². The van der Waals surface area contributed by atoms with Gasteiger partial charge in [-0.05, 0) is 67.7 Å². The molecule has 4 aromatic rings. The number of fused-ring (bicyclic) bond motifs is 1. The van der Waals surface area contributed by atoms with Gasteiger partial charge in [0, 0.05) is 24.3 Å². The molecule has 2 aromatic carbocycles. The Balaban J connectivity index is 1.51. The van der Waals surface area contributed by atoms with Gasteiger partial charge in [-0.15, -0.1) is 0 Å². The molecule has 176 valence electrons. The van der Waals surface area contributed by atoms with Crippen molar-refractivity contribution in [2.75, 3.05) is 24.1 Å². The standard InChI is InChI=1S/C24H24ClF2N7/c25-18-9-16(28)4-5-17(18)22-32-21-12-31-24(30-11-14-3-6-19(26)20(27)8-14)33-23(21)34(22)13-15-2-1-7-29-10-15/h3-6,8-9,12,15,29H,1-2,7,10-11,13,28H2,(H,30,31,33)/t15-/m1/s1. The van der Waals surface area contributed by atoms with E-state index in [1.165, 1.54) is 6.07 Å².